The van der Waals surface area contributed by atoms with Crippen LogP contribution in [-0.2, 0) is 11.8 Å². The molecule has 6 heteroatoms. The van der Waals surface area contributed by atoms with Crippen molar-refractivity contribution in [3.63, 3.8) is 0 Å². The molecule has 0 radical (unpaired) electrons. The zero-order valence-electron chi connectivity index (χ0n) is 9.24. The SMILES string of the molecule is CNC1COCC1C(=O)c1c(Cl)cnn1C. The van der Waals surface area contributed by atoms with E-state index in [-0.39, 0.29) is 17.7 Å². The predicted octanol–water partition coefficient (Wildman–Crippen LogP) is 0.491. The van der Waals surface area contributed by atoms with Crippen molar-refractivity contribution in [3.8, 4) is 0 Å². The smallest absolute Gasteiger partial charge is 0.189 e. The van der Waals surface area contributed by atoms with Crippen LogP contribution < -0.4 is 5.32 Å². The molecule has 1 aromatic rings. The average molecular weight is 244 g/mol. The Kier molecular flexibility index (Phi) is 3.28. The predicted molar refractivity (Wildman–Crippen MR) is 59.7 cm³/mol. The van der Waals surface area contributed by atoms with Gasteiger partial charge in [-0.15, -0.1) is 0 Å². The summed E-state index contributed by atoms with van der Waals surface area (Å²) >= 11 is 5.94. The van der Waals surface area contributed by atoms with Crippen molar-refractivity contribution < 1.29 is 9.53 Å². The molecule has 0 spiro atoms. The molecule has 1 saturated heterocycles. The quantitative estimate of drug-likeness (QED) is 0.786. The third-order valence-electron chi connectivity index (χ3n) is 2.92. The van der Waals surface area contributed by atoms with E-state index in [1.807, 2.05) is 7.05 Å². The summed E-state index contributed by atoms with van der Waals surface area (Å²) in [6.07, 6.45) is 1.49. The van der Waals surface area contributed by atoms with Crippen LogP contribution in [-0.4, -0.2) is 41.9 Å². The number of aryl methyl sites for hydroxylation is 1. The van der Waals surface area contributed by atoms with Crippen molar-refractivity contribution in [3.05, 3.63) is 16.9 Å². The van der Waals surface area contributed by atoms with Gasteiger partial charge in [-0.2, -0.15) is 5.10 Å². The topological polar surface area (TPSA) is 56.1 Å². The van der Waals surface area contributed by atoms with E-state index in [1.165, 1.54) is 10.9 Å². The summed E-state index contributed by atoms with van der Waals surface area (Å²) < 4.78 is 6.81. The van der Waals surface area contributed by atoms with E-state index in [0.29, 0.717) is 23.9 Å². The molecule has 0 saturated carbocycles. The van der Waals surface area contributed by atoms with Gasteiger partial charge in [0.1, 0.15) is 5.69 Å². The minimum absolute atomic E-state index is 0.0122. The Labute approximate surface area is 98.7 Å². The molecular formula is C10H14ClN3O2. The number of aromatic nitrogens is 2. The number of carbonyl (C=O) groups excluding carboxylic acids is 1. The minimum atomic E-state index is -0.183. The Morgan fingerprint density at radius 2 is 2.44 bits per heavy atom. The zero-order chi connectivity index (χ0) is 11.7. The molecule has 5 nitrogen and oxygen atoms in total. The molecule has 1 aliphatic rings. The number of nitrogens with zero attached hydrogens (tertiary/aromatic N) is 2. The minimum Gasteiger partial charge on any atom is -0.379 e. The maximum absolute atomic E-state index is 12.3. The van der Waals surface area contributed by atoms with Crippen molar-refractivity contribution in [1.29, 1.82) is 0 Å². The highest BCUT2D eigenvalue weighted by molar-refractivity contribution is 6.33. The number of halogens is 1. The summed E-state index contributed by atoms with van der Waals surface area (Å²) in [5, 5.41) is 7.44. The maximum Gasteiger partial charge on any atom is 0.189 e. The molecule has 0 bridgehead atoms. The van der Waals surface area contributed by atoms with Crippen LogP contribution in [0.25, 0.3) is 0 Å². The Morgan fingerprint density at radius 3 is 3.00 bits per heavy atom. The fraction of sp³-hybridized carbons (Fsp3) is 0.600. The second-order valence-corrected chi connectivity index (χ2v) is 4.28. The van der Waals surface area contributed by atoms with Crippen LogP contribution in [0.5, 0.6) is 0 Å². The van der Waals surface area contributed by atoms with Gasteiger partial charge >= 0.3 is 0 Å². The van der Waals surface area contributed by atoms with Gasteiger partial charge in [0.15, 0.2) is 5.78 Å². The fourth-order valence-electron chi connectivity index (χ4n) is 1.96. The molecule has 2 heterocycles. The molecule has 1 aliphatic heterocycles. The van der Waals surface area contributed by atoms with E-state index in [1.54, 1.807) is 7.05 Å². The lowest BCUT2D eigenvalue weighted by atomic mass is 9.96. The summed E-state index contributed by atoms with van der Waals surface area (Å²) in [4.78, 5) is 12.3. The number of hydrogen-bond donors (Lipinski definition) is 1. The molecule has 16 heavy (non-hydrogen) atoms. The third-order valence-corrected chi connectivity index (χ3v) is 3.19. The normalized spacial score (nSPS) is 24.9. The van der Waals surface area contributed by atoms with Gasteiger partial charge in [0.2, 0.25) is 0 Å². The highest BCUT2D eigenvalue weighted by atomic mass is 35.5. The van der Waals surface area contributed by atoms with Crippen LogP contribution in [0.3, 0.4) is 0 Å². The van der Waals surface area contributed by atoms with Crippen LogP contribution in [0.2, 0.25) is 5.02 Å². The molecule has 0 amide bonds. The standard InChI is InChI=1S/C10H14ClN3O2/c1-12-8-5-16-4-6(8)10(15)9-7(11)3-13-14(9)2/h3,6,8,12H,4-5H2,1-2H3. The highest BCUT2D eigenvalue weighted by Crippen LogP contribution is 2.23. The Bertz CT molecular complexity index is 385. The van der Waals surface area contributed by atoms with E-state index in [2.05, 4.69) is 10.4 Å². The molecule has 1 aromatic heterocycles. The summed E-state index contributed by atoms with van der Waals surface area (Å²) in [5.74, 6) is -0.195. The van der Waals surface area contributed by atoms with E-state index < -0.39 is 0 Å². The zero-order valence-corrected chi connectivity index (χ0v) is 9.99. The monoisotopic (exact) mass is 243 g/mol. The van der Waals surface area contributed by atoms with Crippen molar-refractivity contribution in [1.82, 2.24) is 15.1 Å². The van der Waals surface area contributed by atoms with Gasteiger partial charge in [-0.05, 0) is 7.05 Å². The fourth-order valence-corrected chi connectivity index (χ4v) is 2.22. The van der Waals surface area contributed by atoms with Crippen LogP contribution in [0.4, 0.5) is 0 Å². The Balaban J connectivity index is 2.25. The molecule has 88 valence electrons. The van der Waals surface area contributed by atoms with Gasteiger partial charge in [0.25, 0.3) is 0 Å². The van der Waals surface area contributed by atoms with Gasteiger partial charge in [0, 0.05) is 13.1 Å². The number of carbonyl (C=O) groups is 1. The van der Waals surface area contributed by atoms with Gasteiger partial charge in [-0.3, -0.25) is 9.48 Å². The first-order valence-corrected chi connectivity index (χ1v) is 5.49. The van der Waals surface area contributed by atoms with Crippen molar-refractivity contribution >= 4 is 17.4 Å². The summed E-state index contributed by atoms with van der Waals surface area (Å²) in [6, 6.07) is 0.0541. The number of nitrogens with one attached hydrogen (secondary N) is 1. The van der Waals surface area contributed by atoms with Crippen LogP contribution in [0, 0.1) is 5.92 Å². The van der Waals surface area contributed by atoms with E-state index in [9.17, 15) is 4.79 Å². The first kappa shape index (κ1) is 11.6. The molecular weight excluding hydrogens is 230 g/mol. The highest BCUT2D eigenvalue weighted by Gasteiger charge is 2.35. The molecule has 0 aliphatic carbocycles. The van der Waals surface area contributed by atoms with Crippen molar-refractivity contribution in [2.75, 3.05) is 20.3 Å². The Hall–Kier alpha value is -0.910. The van der Waals surface area contributed by atoms with Crippen LogP contribution >= 0.6 is 11.6 Å². The number of likely N-dealkylation sites (N-methyl/N-ethyl adjacent to an activating group) is 1. The molecule has 2 unspecified atom stereocenters. The van der Waals surface area contributed by atoms with E-state index >= 15 is 0 Å². The van der Waals surface area contributed by atoms with Gasteiger partial charge in [-0.1, -0.05) is 11.6 Å². The molecule has 2 atom stereocenters. The molecule has 0 aromatic carbocycles. The van der Waals surface area contributed by atoms with Gasteiger partial charge < -0.3 is 10.1 Å². The van der Waals surface area contributed by atoms with Crippen molar-refractivity contribution in [2.45, 2.75) is 6.04 Å². The van der Waals surface area contributed by atoms with Crippen molar-refractivity contribution in [2.24, 2.45) is 13.0 Å². The van der Waals surface area contributed by atoms with Gasteiger partial charge in [-0.25, -0.2) is 0 Å². The second kappa shape index (κ2) is 4.53. The average Bonchev–Trinajstić information content (AvgIpc) is 2.85. The first-order chi connectivity index (χ1) is 7.65. The van der Waals surface area contributed by atoms with Crippen LogP contribution in [0.15, 0.2) is 6.20 Å². The van der Waals surface area contributed by atoms with Gasteiger partial charge in [0.05, 0.1) is 30.4 Å². The lowest BCUT2D eigenvalue weighted by Gasteiger charge is -2.15. The lowest BCUT2D eigenvalue weighted by molar-refractivity contribution is 0.0883. The maximum atomic E-state index is 12.3. The summed E-state index contributed by atoms with van der Waals surface area (Å²) in [6.45, 7) is 0.994. The number of hydrogen-bond acceptors (Lipinski definition) is 4. The van der Waals surface area contributed by atoms with Crippen LogP contribution in [0.1, 0.15) is 10.5 Å². The lowest BCUT2D eigenvalue weighted by Crippen LogP contribution is -2.37. The molecule has 1 fully saturated rings. The summed E-state index contributed by atoms with van der Waals surface area (Å²) in [5.41, 5.74) is 0.456. The number of rotatable bonds is 3. The Morgan fingerprint density at radius 1 is 1.69 bits per heavy atom. The third kappa shape index (κ3) is 1.86. The summed E-state index contributed by atoms with van der Waals surface area (Å²) in [7, 11) is 3.54. The molecule has 1 N–H and O–H groups in total. The number of ether oxygens (including phenoxy) is 1. The largest absolute Gasteiger partial charge is 0.379 e. The first-order valence-electron chi connectivity index (χ1n) is 5.12. The van der Waals surface area contributed by atoms with E-state index in [0.717, 1.165) is 0 Å². The molecule has 2 rings (SSSR count). The second-order valence-electron chi connectivity index (χ2n) is 3.87. The number of Topliss-reactive ketones (excluding diaryl/α,β-unsaturated/α-hetero) is 1. The van der Waals surface area contributed by atoms with E-state index in [4.69, 9.17) is 16.3 Å². The number of ketones is 1.